The van der Waals surface area contributed by atoms with Crippen molar-refractivity contribution in [2.45, 2.75) is 11.8 Å². The van der Waals surface area contributed by atoms with Gasteiger partial charge in [-0.2, -0.15) is 0 Å². The van der Waals surface area contributed by atoms with Crippen molar-refractivity contribution in [1.29, 1.82) is 0 Å². The van der Waals surface area contributed by atoms with Gasteiger partial charge in [-0.15, -0.1) is 0 Å². The molecule has 0 spiro atoms. The van der Waals surface area contributed by atoms with Gasteiger partial charge in [0.2, 0.25) is 10.0 Å². The minimum Gasteiger partial charge on any atom is -0.379 e. The number of nitrogens with one attached hydrogen (secondary N) is 1. The number of ether oxygens (including phenoxy) is 1. The highest BCUT2D eigenvalue weighted by atomic mass is 35.5. The number of pyridine rings is 1. The molecular formula is C18H22ClN3O3S. The van der Waals surface area contributed by atoms with Gasteiger partial charge in [0.05, 0.1) is 25.0 Å². The second-order valence-corrected chi connectivity index (χ2v) is 8.36. The molecule has 0 amide bonds. The monoisotopic (exact) mass is 395 g/mol. The Balaban J connectivity index is 1.71. The van der Waals surface area contributed by atoms with Crippen LogP contribution in [0.5, 0.6) is 0 Å². The highest BCUT2D eigenvalue weighted by Gasteiger charge is 2.25. The smallest absolute Gasteiger partial charge is 0.215 e. The van der Waals surface area contributed by atoms with E-state index in [1.54, 1.807) is 36.7 Å². The van der Waals surface area contributed by atoms with Crippen molar-refractivity contribution < 1.29 is 13.2 Å². The first kappa shape index (κ1) is 19.3. The summed E-state index contributed by atoms with van der Waals surface area (Å²) in [4.78, 5) is 6.39. The van der Waals surface area contributed by atoms with Gasteiger partial charge in [-0.3, -0.25) is 9.88 Å². The van der Waals surface area contributed by atoms with Crippen LogP contribution < -0.4 is 4.72 Å². The van der Waals surface area contributed by atoms with Crippen molar-refractivity contribution in [3.63, 3.8) is 0 Å². The van der Waals surface area contributed by atoms with Gasteiger partial charge in [0.15, 0.2) is 0 Å². The molecule has 0 radical (unpaired) electrons. The number of nitrogens with zero attached hydrogens (tertiary/aromatic N) is 2. The Morgan fingerprint density at radius 3 is 2.65 bits per heavy atom. The summed E-state index contributed by atoms with van der Waals surface area (Å²) in [5.74, 6) is -0.143. The summed E-state index contributed by atoms with van der Waals surface area (Å²) in [5, 5.41) is 0.454. The molecule has 6 nitrogen and oxygen atoms in total. The zero-order chi connectivity index (χ0) is 18.4. The van der Waals surface area contributed by atoms with E-state index in [1.165, 1.54) is 0 Å². The predicted octanol–water partition coefficient (Wildman–Crippen LogP) is 2.23. The molecule has 140 valence electrons. The maximum absolute atomic E-state index is 12.5. The van der Waals surface area contributed by atoms with E-state index in [0.717, 1.165) is 18.7 Å². The quantitative estimate of drug-likeness (QED) is 0.778. The molecule has 1 unspecified atom stereocenters. The number of hydrogen-bond acceptors (Lipinski definition) is 5. The van der Waals surface area contributed by atoms with Gasteiger partial charge in [-0.1, -0.05) is 35.9 Å². The molecule has 26 heavy (non-hydrogen) atoms. The number of aromatic nitrogens is 1. The van der Waals surface area contributed by atoms with E-state index in [-0.39, 0.29) is 18.3 Å². The first-order chi connectivity index (χ1) is 12.6. The van der Waals surface area contributed by atoms with Gasteiger partial charge in [-0.05, 0) is 23.3 Å². The molecule has 1 aromatic carbocycles. The summed E-state index contributed by atoms with van der Waals surface area (Å²) in [6.45, 7) is 3.07. The van der Waals surface area contributed by atoms with Crippen molar-refractivity contribution in [2.75, 3.05) is 32.8 Å². The van der Waals surface area contributed by atoms with E-state index in [2.05, 4.69) is 14.6 Å². The second kappa shape index (κ2) is 8.92. The van der Waals surface area contributed by atoms with Crippen molar-refractivity contribution in [2.24, 2.45) is 0 Å². The molecule has 1 fully saturated rings. The van der Waals surface area contributed by atoms with Crippen molar-refractivity contribution in [3.8, 4) is 0 Å². The van der Waals surface area contributed by atoms with Crippen molar-refractivity contribution in [1.82, 2.24) is 14.6 Å². The lowest BCUT2D eigenvalue weighted by Crippen LogP contribution is -2.44. The van der Waals surface area contributed by atoms with E-state index >= 15 is 0 Å². The highest BCUT2D eigenvalue weighted by Crippen LogP contribution is 2.22. The highest BCUT2D eigenvalue weighted by molar-refractivity contribution is 7.88. The fourth-order valence-corrected chi connectivity index (χ4v) is 4.45. The lowest BCUT2D eigenvalue weighted by atomic mass is 10.1. The molecule has 1 atom stereocenters. The van der Waals surface area contributed by atoms with E-state index in [9.17, 15) is 8.42 Å². The van der Waals surface area contributed by atoms with Crippen LogP contribution in [0.1, 0.15) is 17.2 Å². The molecule has 0 saturated carbocycles. The van der Waals surface area contributed by atoms with Crippen LogP contribution >= 0.6 is 11.6 Å². The van der Waals surface area contributed by atoms with E-state index in [0.29, 0.717) is 23.8 Å². The zero-order valence-electron chi connectivity index (χ0n) is 14.3. The van der Waals surface area contributed by atoms with Crippen LogP contribution in [-0.2, 0) is 20.5 Å². The summed E-state index contributed by atoms with van der Waals surface area (Å²) in [6, 6.07) is 10.7. The number of halogens is 1. The molecule has 1 N–H and O–H groups in total. The van der Waals surface area contributed by atoms with E-state index in [1.807, 2.05) is 12.1 Å². The third kappa shape index (κ3) is 5.25. The standard InChI is InChI=1S/C18H22ClN3O3S/c19-17-6-2-1-4-16(17)14-26(23,24)21-13-18(15-5-3-7-20-12-15)22-8-10-25-11-9-22/h1-7,12,18,21H,8-11,13-14H2. The number of sulfonamides is 1. The van der Waals surface area contributed by atoms with Crippen LogP contribution in [-0.4, -0.2) is 51.1 Å². The molecule has 8 heteroatoms. The Morgan fingerprint density at radius 2 is 1.96 bits per heavy atom. The Hall–Kier alpha value is -1.51. The van der Waals surface area contributed by atoms with E-state index < -0.39 is 10.0 Å². The molecule has 1 aliphatic rings. The topological polar surface area (TPSA) is 71.5 Å². The second-order valence-electron chi connectivity index (χ2n) is 6.15. The van der Waals surface area contributed by atoms with Gasteiger partial charge in [0.25, 0.3) is 0 Å². The van der Waals surface area contributed by atoms with Gasteiger partial charge < -0.3 is 4.74 Å². The summed E-state index contributed by atoms with van der Waals surface area (Å²) < 4.78 is 33.2. The fourth-order valence-electron chi connectivity index (χ4n) is 3.00. The molecule has 1 aromatic heterocycles. The number of morpholine rings is 1. The first-order valence-electron chi connectivity index (χ1n) is 8.47. The van der Waals surface area contributed by atoms with Crippen molar-refractivity contribution >= 4 is 21.6 Å². The molecule has 2 heterocycles. The Morgan fingerprint density at radius 1 is 1.19 bits per heavy atom. The van der Waals surface area contributed by atoms with Crippen LogP contribution in [0.15, 0.2) is 48.8 Å². The average molecular weight is 396 g/mol. The average Bonchev–Trinajstić information content (AvgIpc) is 2.65. The molecule has 1 aliphatic heterocycles. The SMILES string of the molecule is O=S(=O)(Cc1ccccc1Cl)NCC(c1cccnc1)N1CCOCC1. The number of rotatable bonds is 7. The number of hydrogen-bond donors (Lipinski definition) is 1. The Labute approximate surface area is 159 Å². The van der Waals surface area contributed by atoms with Crippen LogP contribution in [0, 0.1) is 0 Å². The third-order valence-corrected chi connectivity index (χ3v) is 6.02. The maximum atomic E-state index is 12.5. The van der Waals surface area contributed by atoms with E-state index in [4.69, 9.17) is 16.3 Å². The normalized spacial score (nSPS) is 17.1. The van der Waals surface area contributed by atoms with Gasteiger partial charge in [0.1, 0.15) is 0 Å². The third-order valence-electron chi connectivity index (χ3n) is 4.36. The summed E-state index contributed by atoms with van der Waals surface area (Å²) in [5.41, 5.74) is 1.57. The predicted molar refractivity (Wildman–Crippen MR) is 101 cm³/mol. The Kier molecular flexibility index (Phi) is 6.61. The summed E-state index contributed by atoms with van der Waals surface area (Å²) in [6.07, 6.45) is 3.49. The van der Waals surface area contributed by atoms with Crippen molar-refractivity contribution in [3.05, 3.63) is 64.9 Å². The zero-order valence-corrected chi connectivity index (χ0v) is 15.9. The minimum atomic E-state index is -3.51. The van der Waals surface area contributed by atoms with Crippen LogP contribution in [0.25, 0.3) is 0 Å². The maximum Gasteiger partial charge on any atom is 0.215 e. The molecule has 2 aromatic rings. The molecule has 1 saturated heterocycles. The lowest BCUT2D eigenvalue weighted by Gasteiger charge is -2.34. The molecule has 0 aliphatic carbocycles. The number of benzene rings is 1. The van der Waals surface area contributed by atoms with Gasteiger partial charge in [0, 0.05) is 37.1 Å². The Bertz CT molecular complexity index is 811. The molecule has 0 bridgehead atoms. The summed E-state index contributed by atoms with van der Waals surface area (Å²) >= 11 is 6.09. The van der Waals surface area contributed by atoms with Crippen LogP contribution in [0.4, 0.5) is 0 Å². The van der Waals surface area contributed by atoms with Gasteiger partial charge in [-0.25, -0.2) is 13.1 Å². The molecular weight excluding hydrogens is 374 g/mol. The fraction of sp³-hybridized carbons (Fsp3) is 0.389. The van der Waals surface area contributed by atoms with Crippen LogP contribution in [0.2, 0.25) is 5.02 Å². The largest absolute Gasteiger partial charge is 0.379 e. The van der Waals surface area contributed by atoms with Crippen LogP contribution in [0.3, 0.4) is 0 Å². The molecule has 3 rings (SSSR count). The first-order valence-corrected chi connectivity index (χ1v) is 10.5. The minimum absolute atomic E-state index is 0.0892. The summed E-state index contributed by atoms with van der Waals surface area (Å²) in [7, 11) is -3.51. The van der Waals surface area contributed by atoms with Gasteiger partial charge >= 0.3 is 0 Å². The lowest BCUT2D eigenvalue weighted by molar-refractivity contribution is 0.0171.